The molecule has 7 heteroatoms. The molecule has 0 radical (unpaired) electrons. The molecule has 1 aliphatic heterocycles. The van der Waals surface area contributed by atoms with Crippen molar-refractivity contribution < 1.29 is 17.2 Å². The summed E-state index contributed by atoms with van der Waals surface area (Å²) in [5.74, 6) is -3.31. The van der Waals surface area contributed by atoms with Gasteiger partial charge in [-0.05, 0) is 25.8 Å². The van der Waals surface area contributed by atoms with Gasteiger partial charge < -0.3 is 5.32 Å². The highest BCUT2D eigenvalue weighted by Gasteiger charge is 2.35. The van der Waals surface area contributed by atoms with Gasteiger partial charge in [-0.25, -0.2) is 8.42 Å². The fourth-order valence-electron chi connectivity index (χ4n) is 1.80. The topological polar surface area (TPSA) is 49.4 Å². The number of hydrogen-bond acceptors (Lipinski definition) is 3. The van der Waals surface area contributed by atoms with Gasteiger partial charge in [-0.2, -0.15) is 13.1 Å². The van der Waals surface area contributed by atoms with Crippen molar-refractivity contribution in [1.29, 1.82) is 0 Å². The molecule has 0 bridgehead atoms. The first kappa shape index (κ1) is 13.8. The lowest BCUT2D eigenvalue weighted by atomic mass is 10.1. The van der Waals surface area contributed by atoms with Crippen LogP contribution in [0, 0.1) is 0 Å². The lowest BCUT2D eigenvalue weighted by Crippen LogP contribution is -2.49. The van der Waals surface area contributed by atoms with Gasteiger partial charge in [0.15, 0.2) is 0 Å². The van der Waals surface area contributed by atoms with Gasteiger partial charge in [-0.15, -0.1) is 0 Å². The van der Waals surface area contributed by atoms with Crippen LogP contribution in [0.4, 0.5) is 8.78 Å². The van der Waals surface area contributed by atoms with E-state index in [4.69, 9.17) is 0 Å². The van der Waals surface area contributed by atoms with Crippen LogP contribution in [-0.2, 0) is 10.0 Å². The maximum atomic E-state index is 12.3. The van der Waals surface area contributed by atoms with Crippen molar-refractivity contribution in [1.82, 2.24) is 9.62 Å². The van der Waals surface area contributed by atoms with Crippen LogP contribution in [0.1, 0.15) is 26.2 Å². The number of halogens is 2. The van der Waals surface area contributed by atoms with Gasteiger partial charge >= 0.3 is 5.76 Å². The second-order valence-electron chi connectivity index (χ2n) is 3.96. The normalized spacial score (nSPS) is 23.9. The van der Waals surface area contributed by atoms with E-state index in [1.807, 2.05) is 6.92 Å². The summed E-state index contributed by atoms with van der Waals surface area (Å²) in [4.78, 5) is 0. The van der Waals surface area contributed by atoms with Gasteiger partial charge in [0.1, 0.15) is 0 Å². The number of sulfonamides is 1. The maximum Gasteiger partial charge on any atom is 0.350 e. The van der Waals surface area contributed by atoms with Crippen LogP contribution in [0.15, 0.2) is 0 Å². The largest absolute Gasteiger partial charge is 0.350 e. The van der Waals surface area contributed by atoms with Crippen molar-refractivity contribution in [2.24, 2.45) is 0 Å². The van der Waals surface area contributed by atoms with E-state index >= 15 is 0 Å². The van der Waals surface area contributed by atoms with Crippen molar-refractivity contribution in [3.8, 4) is 0 Å². The van der Waals surface area contributed by atoms with Crippen LogP contribution in [0.2, 0.25) is 0 Å². The summed E-state index contributed by atoms with van der Waals surface area (Å²) in [6.07, 6.45) is 2.42. The summed E-state index contributed by atoms with van der Waals surface area (Å²) in [6.45, 7) is 3.15. The molecule has 0 spiro atoms. The standard InChI is InChI=1S/C9H18F2N2O2S/c1-2-5-12-8-4-3-6-13(7-8)16(14,15)9(10)11/h8-9,12H,2-7H2,1H3. The molecule has 1 unspecified atom stereocenters. The highest BCUT2D eigenvalue weighted by Crippen LogP contribution is 2.18. The van der Waals surface area contributed by atoms with Crippen LogP contribution < -0.4 is 5.32 Å². The highest BCUT2D eigenvalue weighted by molar-refractivity contribution is 7.89. The Morgan fingerprint density at radius 3 is 2.75 bits per heavy atom. The SMILES string of the molecule is CCCNC1CCCN(S(=O)(=O)C(F)F)C1. The highest BCUT2D eigenvalue weighted by atomic mass is 32.2. The van der Waals surface area contributed by atoms with Gasteiger partial charge in [0.2, 0.25) is 0 Å². The molecule has 16 heavy (non-hydrogen) atoms. The number of rotatable bonds is 5. The fourth-order valence-corrected chi connectivity index (χ4v) is 2.80. The molecule has 1 atom stereocenters. The molecular weight excluding hydrogens is 238 g/mol. The van der Waals surface area contributed by atoms with Gasteiger partial charge in [-0.3, -0.25) is 0 Å². The van der Waals surface area contributed by atoms with Gasteiger partial charge in [0.05, 0.1) is 0 Å². The zero-order valence-electron chi connectivity index (χ0n) is 9.33. The number of nitrogens with one attached hydrogen (secondary N) is 1. The minimum atomic E-state index is -4.40. The first-order valence-electron chi connectivity index (χ1n) is 5.49. The number of nitrogens with zero attached hydrogens (tertiary/aromatic N) is 1. The third-order valence-electron chi connectivity index (χ3n) is 2.65. The summed E-state index contributed by atoms with van der Waals surface area (Å²) in [7, 11) is -4.40. The van der Waals surface area contributed by atoms with E-state index in [1.165, 1.54) is 0 Å². The average Bonchev–Trinajstić information content (AvgIpc) is 2.26. The zero-order valence-corrected chi connectivity index (χ0v) is 10.1. The second-order valence-corrected chi connectivity index (χ2v) is 5.86. The molecule has 1 aliphatic rings. The quantitative estimate of drug-likeness (QED) is 0.798. The molecule has 0 aromatic heterocycles. The summed E-state index contributed by atoms with van der Waals surface area (Å²) in [5, 5.41) is 3.16. The minimum absolute atomic E-state index is 0.00206. The van der Waals surface area contributed by atoms with Crippen LogP contribution >= 0.6 is 0 Å². The predicted molar refractivity (Wildman–Crippen MR) is 57.8 cm³/mol. The third-order valence-corrected chi connectivity index (χ3v) is 4.15. The first-order valence-corrected chi connectivity index (χ1v) is 6.99. The van der Waals surface area contributed by atoms with Crippen molar-refractivity contribution in [2.75, 3.05) is 19.6 Å². The van der Waals surface area contributed by atoms with E-state index in [0.717, 1.165) is 23.7 Å². The molecular formula is C9H18F2N2O2S. The molecule has 1 N–H and O–H groups in total. The molecule has 0 aromatic rings. The van der Waals surface area contributed by atoms with E-state index in [0.29, 0.717) is 6.42 Å². The Labute approximate surface area is 95.1 Å². The lowest BCUT2D eigenvalue weighted by Gasteiger charge is -2.32. The summed E-state index contributed by atoms with van der Waals surface area (Å²) in [6, 6.07) is 0.00206. The first-order chi connectivity index (χ1) is 7.48. The number of alkyl halides is 2. The zero-order chi connectivity index (χ0) is 12.2. The Balaban J connectivity index is 2.57. The fraction of sp³-hybridized carbons (Fsp3) is 1.00. The predicted octanol–water partition coefficient (Wildman–Crippen LogP) is 1.00. The second kappa shape index (κ2) is 5.88. The minimum Gasteiger partial charge on any atom is -0.313 e. The number of piperidine rings is 1. The van der Waals surface area contributed by atoms with E-state index in [1.54, 1.807) is 0 Å². The van der Waals surface area contributed by atoms with Gasteiger partial charge in [0, 0.05) is 19.1 Å². The lowest BCUT2D eigenvalue weighted by molar-refractivity contribution is 0.206. The Hall–Kier alpha value is -0.270. The molecule has 1 saturated heterocycles. The molecule has 0 amide bonds. The monoisotopic (exact) mass is 256 g/mol. The van der Waals surface area contributed by atoms with Crippen molar-refractivity contribution in [2.45, 2.75) is 38.0 Å². The van der Waals surface area contributed by atoms with Crippen LogP contribution in [0.25, 0.3) is 0 Å². The van der Waals surface area contributed by atoms with E-state index in [2.05, 4.69) is 5.32 Å². The molecule has 1 rings (SSSR count). The van der Waals surface area contributed by atoms with Gasteiger partial charge in [0.25, 0.3) is 10.0 Å². The molecule has 96 valence electrons. The van der Waals surface area contributed by atoms with E-state index < -0.39 is 15.8 Å². The molecule has 1 heterocycles. The molecule has 4 nitrogen and oxygen atoms in total. The smallest absolute Gasteiger partial charge is 0.313 e. The molecule has 0 saturated carbocycles. The van der Waals surface area contributed by atoms with Crippen molar-refractivity contribution >= 4 is 10.0 Å². The molecule has 1 fully saturated rings. The average molecular weight is 256 g/mol. The summed E-state index contributed by atoms with van der Waals surface area (Å²) in [5.41, 5.74) is 0. The van der Waals surface area contributed by atoms with Gasteiger partial charge in [-0.1, -0.05) is 6.92 Å². The molecule has 0 aliphatic carbocycles. The Morgan fingerprint density at radius 2 is 2.19 bits per heavy atom. The van der Waals surface area contributed by atoms with Crippen molar-refractivity contribution in [3.63, 3.8) is 0 Å². The van der Waals surface area contributed by atoms with Crippen molar-refractivity contribution in [3.05, 3.63) is 0 Å². The maximum absolute atomic E-state index is 12.3. The number of hydrogen-bond donors (Lipinski definition) is 1. The van der Waals surface area contributed by atoms with Crippen LogP contribution in [-0.4, -0.2) is 44.2 Å². The summed E-state index contributed by atoms with van der Waals surface area (Å²) < 4.78 is 48.1. The van der Waals surface area contributed by atoms with Crippen LogP contribution in [0.3, 0.4) is 0 Å². The Morgan fingerprint density at radius 1 is 1.50 bits per heavy atom. The molecule has 0 aromatic carbocycles. The summed E-state index contributed by atoms with van der Waals surface area (Å²) >= 11 is 0. The third kappa shape index (κ3) is 3.36. The van der Waals surface area contributed by atoms with E-state index in [9.17, 15) is 17.2 Å². The van der Waals surface area contributed by atoms with Crippen LogP contribution in [0.5, 0.6) is 0 Å². The van der Waals surface area contributed by atoms with E-state index in [-0.39, 0.29) is 19.1 Å². The Bertz CT molecular complexity index is 309. The Kier molecular flexibility index (Phi) is 5.07.